The van der Waals surface area contributed by atoms with Gasteiger partial charge in [-0.1, -0.05) is 19.1 Å². The maximum atomic E-state index is 3.32. The van der Waals surface area contributed by atoms with Crippen molar-refractivity contribution < 1.29 is 0 Å². The van der Waals surface area contributed by atoms with Gasteiger partial charge in [-0.15, -0.1) is 11.8 Å². The fourth-order valence-electron chi connectivity index (χ4n) is 2.02. The van der Waals surface area contributed by atoms with Crippen molar-refractivity contribution in [1.29, 1.82) is 0 Å². The Morgan fingerprint density at radius 1 is 1.50 bits per heavy atom. The lowest BCUT2D eigenvalue weighted by Gasteiger charge is -2.14. The minimum absolute atomic E-state index is 0.468. The van der Waals surface area contributed by atoms with Crippen molar-refractivity contribution in [3.63, 3.8) is 0 Å². The fraction of sp³-hybridized carbons (Fsp3) is 0.500. The van der Waals surface area contributed by atoms with Crippen LogP contribution in [0.4, 0.5) is 0 Å². The largest absolute Gasteiger partial charge is 0.313 e. The maximum Gasteiger partial charge on any atom is 0.0292 e. The highest BCUT2D eigenvalue weighted by atomic mass is 32.2. The van der Waals surface area contributed by atoms with Crippen LogP contribution in [-0.4, -0.2) is 12.3 Å². The van der Waals surface area contributed by atoms with Gasteiger partial charge in [0, 0.05) is 16.2 Å². The summed E-state index contributed by atoms with van der Waals surface area (Å²) in [5.74, 6) is 0. The third-order valence-electron chi connectivity index (χ3n) is 2.89. The molecule has 2 unspecified atom stereocenters. The lowest BCUT2D eigenvalue weighted by atomic mass is 9.98. The van der Waals surface area contributed by atoms with E-state index in [9.17, 15) is 0 Å². The van der Waals surface area contributed by atoms with Gasteiger partial charge in [0.1, 0.15) is 0 Å². The first-order chi connectivity index (χ1) is 6.72. The molecule has 14 heavy (non-hydrogen) atoms. The molecule has 1 aliphatic rings. The molecule has 2 heteroatoms. The van der Waals surface area contributed by atoms with Crippen molar-refractivity contribution in [3.05, 3.63) is 29.3 Å². The van der Waals surface area contributed by atoms with E-state index in [1.807, 2.05) is 18.8 Å². The van der Waals surface area contributed by atoms with Crippen LogP contribution in [0.1, 0.15) is 31.0 Å². The van der Waals surface area contributed by atoms with Gasteiger partial charge >= 0.3 is 0 Å². The zero-order valence-electron chi connectivity index (χ0n) is 9.00. The van der Waals surface area contributed by atoms with Gasteiger partial charge in [0.2, 0.25) is 0 Å². The predicted octanol–water partition coefficient (Wildman–Crippen LogP) is 3.00. The maximum absolute atomic E-state index is 3.32. The summed E-state index contributed by atoms with van der Waals surface area (Å²) in [5.41, 5.74) is 3.04. The van der Waals surface area contributed by atoms with Gasteiger partial charge in [-0.2, -0.15) is 0 Å². The van der Waals surface area contributed by atoms with Crippen LogP contribution in [-0.2, 0) is 6.42 Å². The highest BCUT2D eigenvalue weighted by Crippen LogP contribution is 2.39. The molecule has 0 spiro atoms. The van der Waals surface area contributed by atoms with Gasteiger partial charge < -0.3 is 5.32 Å². The Kier molecular flexibility index (Phi) is 2.84. The van der Waals surface area contributed by atoms with Crippen molar-refractivity contribution in [3.8, 4) is 0 Å². The molecule has 0 saturated carbocycles. The first-order valence-electron chi connectivity index (χ1n) is 5.18. The molecule has 0 saturated heterocycles. The molecule has 0 fully saturated rings. The van der Waals surface area contributed by atoms with Crippen molar-refractivity contribution in [1.82, 2.24) is 5.32 Å². The van der Waals surface area contributed by atoms with E-state index in [-0.39, 0.29) is 0 Å². The molecule has 1 aliphatic heterocycles. The number of nitrogens with one attached hydrogen (secondary N) is 1. The van der Waals surface area contributed by atoms with Crippen LogP contribution in [0, 0.1) is 0 Å². The quantitative estimate of drug-likeness (QED) is 0.800. The number of hydrogen-bond donors (Lipinski definition) is 1. The van der Waals surface area contributed by atoms with Gasteiger partial charge in [-0.3, -0.25) is 0 Å². The second kappa shape index (κ2) is 3.95. The Hall–Kier alpha value is -0.470. The highest BCUT2D eigenvalue weighted by molar-refractivity contribution is 8.00. The molecule has 2 rings (SSSR count). The molecule has 2 atom stereocenters. The summed E-state index contributed by atoms with van der Waals surface area (Å²) in [7, 11) is 2.02. The third-order valence-corrected chi connectivity index (χ3v) is 4.09. The smallest absolute Gasteiger partial charge is 0.0292 e. The van der Waals surface area contributed by atoms with Crippen LogP contribution in [0.5, 0.6) is 0 Å². The molecular formula is C12H17NS. The summed E-state index contributed by atoms with van der Waals surface area (Å²) in [6.45, 7) is 4.53. The van der Waals surface area contributed by atoms with E-state index in [4.69, 9.17) is 0 Å². The first-order valence-corrected chi connectivity index (χ1v) is 6.06. The van der Waals surface area contributed by atoms with E-state index in [2.05, 4.69) is 37.4 Å². The Morgan fingerprint density at radius 3 is 3.00 bits per heavy atom. The molecule has 76 valence electrons. The van der Waals surface area contributed by atoms with E-state index in [0.29, 0.717) is 6.04 Å². The summed E-state index contributed by atoms with van der Waals surface area (Å²) >= 11 is 2.01. The SMILES string of the molecule is CNC(C)c1cccc2c1CC(C)S2. The van der Waals surface area contributed by atoms with Crippen LogP contribution in [0.15, 0.2) is 23.1 Å². The summed E-state index contributed by atoms with van der Waals surface area (Å²) in [4.78, 5) is 1.48. The molecular weight excluding hydrogens is 190 g/mol. The molecule has 1 nitrogen and oxygen atoms in total. The van der Waals surface area contributed by atoms with Crippen molar-refractivity contribution >= 4 is 11.8 Å². The van der Waals surface area contributed by atoms with Gasteiger partial charge in [-0.05, 0) is 37.6 Å². The second-order valence-corrected chi connectivity index (χ2v) is 5.45. The van der Waals surface area contributed by atoms with Crippen LogP contribution in [0.3, 0.4) is 0 Å². The van der Waals surface area contributed by atoms with E-state index in [1.165, 1.54) is 16.9 Å². The topological polar surface area (TPSA) is 12.0 Å². The van der Waals surface area contributed by atoms with E-state index < -0.39 is 0 Å². The van der Waals surface area contributed by atoms with Crippen molar-refractivity contribution in [2.24, 2.45) is 0 Å². The molecule has 1 heterocycles. The third kappa shape index (κ3) is 1.69. The van der Waals surface area contributed by atoms with Gasteiger partial charge in [0.15, 0.2) is 0 Å². The molecule has 0 radical (unpaired) electrons. The zero-order valence-corrected chi connectivity index (χ0v) is 9.82. The van der Waals surface area contributed by atoms with Crippen LogP contribution in [0.25, 0.3) is 0 Å². The van der Waals surface area contributed by atoms with E-state index in [1.54, 1.807) is 5.56 Å². The lowest BCUT2D eigenvalue weighted by Crippen LogP contribution is -2.14. The number of thioether (sulfide) groups is 1. The molecule has 0 aliphatic carbocycles. The molecule has 1 N–H and O–H groups in total. The monoisotopic (exact) mass is 207 g/mol. The molecule has 0 bridgehead atoms. The van der Waals surface area contributed by atoms with E-state index >= 15 is 0 Å². The molecule has 1 aromatic rings. The summed E-state index contributed by atoms with van der Waals surface area (Å²) in [5, 5.41) is 4.06. The minimum Gasteiger partial charge on any atom is -0.313 e. The fourth-order valence-corrected chi connectivity index (χ4v) is 3.20. The van der Waals surface area contributed by atoms with Crippen LogP contribution >= 0.6 is 11.8 Å². The average Bonchev–Trinajstić information content (AvgIpc) is 2.56. The summed E-state index contributed by atoms with van der Waals surface area (Å²) < 4.78 is 0. The Bertz CT molecular complexity index is 335. The number of rotatable bonds is 2. The van der Waals surface area contributed by atoms with Gasteiger partial charge in [-0.25, -0.2) is 0 Å². The Balaban J connectivity index is 2.39. The Labute approximate surface area is 90.3 Å². The summed E-state index contributed by atoms with van der Waals surface area (Å²) in [6, 6.07) is 7.14. The molecule has 0 amide bonds. The van der Waals surface area contributed by atoms with Crippen LogP contribution in [0.2, 0.25) is 0 Å². The lowest BCUT2D eigenvalue weighted by molar-refractivity contribution is 0.642. The zero-order chi connectivity index (χ0) is 10.1. The van der Waals surface area contributed by atoms with Gasteiger partial charge in [0.05, 0.1) is 0 Å². The Morgan fingerprint density at radius 2 is 2.29 bits per heavy atom. The highest BCUT2D eigenvalue weighted by Gasteiger charge is 2.22. The predicted molar refractivity (Wildman–Crippen MR) is 62.9 cm³/mol. The second-order valence-electron chi connectivity index (χ2n) is 3.97. The minimum atomic E-state index is 0.468. The average molecular weight is 207 g/mol. The number of fused-ring (bicyclic) bond motifs is 1. The summed E-state index contributed by atoms with van der Waals surface area (Å²) in [6.07, 6.45) is 1.22. The van der Waals surface area contributed by atoms with Crippen molar-refractivity contribution in [2.45, 2.75) is 36.5 Å². The van der Waals surface area contributed by atoms with Crippen LogP contribution < -0.4 is 5.32 Å². The van der Waals surface area contributed by atoms with Gasteiger partial charge in [0.25, 0.3) is 0 Å². The number of benzene rings is 1. The normalized spacial score (nSPS) is 22.1. The van der Waals surface area contributed by atoms with E-state index in [0.717, 1.165) is 5.25 Å². The standard InChI is InChI=1S/C12H17NS/c1-8-7-11-10(9(2)13-3)5-4-6-12(11)14-8/h4-6,8-9,13H,7H2,1-3H3. The number of hydrogen-bond acceptors (Lipinski definition) is 2. The van der Waals surface area contributed by atoms with Crippen molar-refractivity contribution in [2.75, 3.05) is 7.05 Å². The molecule has 0 aromatic heterocycles. The first kappa shape index (κ1) is 10.1. The molecule has 1 aromatic carbocycles.